The second-order valence-corrected chi connectivity index (χ2v) is 7.15. The van der Waals surface area contributed by atoms with Crippen molar-refractivity contribution in [3.8, 4) is 0 Å². The largest absolute Gasteiger partial charge is 0.465 e. The predicted molar refractivity (Wildman–Crippen MR) is 108 cm³/mol. The number of esters is 1. The van der Waals surface area contributed by atoms with Crippen molar-refractivity contribution in [3.63, 3.8) is 0 Å². The Bertz CT molecular complexity index is 999. The van der Waals surface area contributed by atoms with Gasteiger partial charge in [0.2, 0.25) is 0 Å². The lowest BCUT2D eigenvalue weighted by Crippen LogP contribution is -2.23. The lowest BCUT2D eigenvalue weighted by atomic mass is 10.1. The molecule has 0 amide bonds. The van der Waals surface area contributed by atoms with Gasteiger partial charge < -0.3 is 4.74 Å². The van der Waals surface area contributed by atoms with Crippen LogP contribution in [0.4, 0.5) is 0 Å². The number of hydrogen-bond donors (Lipinski definition) is 0. The van der Waals surface area contributed by atoms with Gasteiger partial charge in [-0.1, -0.05) is 55.4 Å². The van der Waals surface area contributed by atoms with Crippen molar-refractivity contribution < 1.29 is 9.53 Å². The number of hydrogen-bond acceptors (Lipinski definition) is 5. The molecule has 2 aromatic carbocycles. The molecular weight excluding hydrogens is 360 g/mol. The summed E-state index contributed by atoms with van der Waals surface area (Å²) in [6, 6.07) is 15.0. The van der Waals surface area contributed by atoms with Gasteiger partial charge in [0.1, 0.15) is 0 Å². The van der Waals surface area contributed by atoms with E-state index in [4.69, 9.17) is 9.72 Å². The number of fused-ring (bicyclic) bond motifs is 1. The van der Waals surface area contributed by atoms with E-state index in [0.29, 0.717) is 28.2 Å². The molecule has 140 valence electrons. The highest BCUT2D eigenvalue weighted by molar-refractivity contribution is 7.98. The topological polar surface area (TPSA) is 61.2 Å². The summed E-state index contributed by atoms with van der Waals surface area (Å²) in [5, 5.41) is 1.19. The summed E-state index contributed by atoms with van der Waals surface area (Å²) < 4.78 is 6.52. The molecule has 0 unspecified atom stereocenters. The lowest BCUT2D eigenvalue weighted by molar-refractivity contribution is 0.0601. The molecule has 3 aromatic rings. The fraction of sp³-hybridized carbons (Fsp3) is 0.286. The number of benzene rings is 2. The van der Waals surface area contributed by atoms with Crippen LogP contribution in [0.5, 0.6) is 0 Å². The van der Waals surface area contributed by atoms with Gasteiger partial charge in [-0.15, -0.1) is 0 Å². The van der Waals surface area contributed by atoms with Crippen molar-refractivity contribution >= 4 is 28.6 Å². The summed E-state index contributed by atoms with van der Waals surface area (Å²) in [4.78, 5) is 29.5. The zero-order valence-electron chi connectivity index (χ0n) is 15.5. The van der Waals surface area contributed by atoms with Crippen LogP contribution in [-0.4, -0.2) is 22.6 Å². The highest BCUT2D eigenvalue weighted by Gasteiger charge is 2.14. The summed E-state index contributed by atoms with van der Waals surface area (Å²) in [5.74, 6) is 0.286. The molecule has 5 nitrogen and oxygen atoms in total. The minimum absolute atomic E-state index is 0.0690. The van der Waals surface area contributed by atoms with E-state index in [-0.39, 0.29) is 5.56 Å². The van der Waals surface area contributed by atoms with E-state index in [0.717, 1.165) is 18.6 Å². The van der Waals surface area contributed by atoms with Gasteiger partial charge in [-0.3, -0.25) is 9.36 Å². The molecule has 0 saturated heterocycles. The van der Waals surface area contributed by atoms with Crippen molar-refractivity contribution in [2.75, 3.05) is 7.11 Å². The highest BCUT2D eigenvalue weighted by atomic mass is 32.2. The van der Waals surface area contributed by atoms with Crippen LogP contribution in [0.2, 0.25) is 0 Å². The Hall–Kier alpha value is -2.60. The fourth-order valence-corrected chi connectivity index (χ4v) is 3.77. The van der Waals surface area contributed by atoms with E-state index < -0.39 is 5.97 Å². The third-order valence-corrected chi connectivity index (χ3v) is 5.33. The third-order valence-electron chi connectivity index (χ3n) is 4.29. The van der Waals surface area contributed by atoms with Crippen LogP contribution >= 0.6 is 11.8 Å². The van der Waals surface area contributed by atoms with Crippen molar-refractivity contribution in [1.29, 1.82) is 0 Å². The Morgan fingerprint density at radius 1 is 1.19 bits per heavy atom. The molecule has 0 bridgehead atoms. The van der Waals surface area contributed by atoms with Gasteiger partial charge in [-0.05, 0) is 30.2 Å². The van der Waals surface area contributed by atoms with Crippen LogP contribution < -0.4 is 5.56 Å². The van der Waals surface area contributed by atoms with Gasteiger partial charge in [0.05, 0.1) is 23.6 Å². The average molecular weight is 382 g/mol. The maximum atomic E-state index is 13.0. The number of thioether (sulfide) groups is 1. The minimum atomic E-state index is -0.438. The lowest BCUT2D eigenvalue weighted by Gasteiger charge is -2.13. The van der Waals surface area contributed by atoms with Crippen LogP contribution in [0.3, 0.4) is 0 Å². The summed E-state index contributed by atoms with van der Waals surface area (Å²) in [7, 11) is 1.34. The Morgan fingerprint density at radius 3 is 2.67 bits per heavy atom. The second-order valence-electron chi connectivity index (χ2n) is 6.20. The first-order chi connectivity index (χ1) is 13.1. The molecule has 0 saturated carbocycles. The van der Waals surface area contributed by atoms with Gasteiger partial charge in [0.15, 0.2) is 5.16 Å². The molecule has 0 radical (unpaired) electrons. The molecule has 0 atom stereocenters. The van der Waals surface area contributed by atoms with Gasteiger partial charge in [0, 0.05) is 12.3 Å². The molecule has 1 heterocycles. The van der Waals surface area contributed by atoms with Crippen LogP contribution in [0, 0.1) is 0 Å². The summed E-state index contributed by atoms with van der Waals surface area (Å²) in [5.41, 5.74) is 2.01. The van der Waals surface area contributed by atoms with Gasteiger partial charge >= 0.3 is 5.97 Å². The smallest absolute Gasteiger partial charge is 0.337 e. The predicted octanol–water partition coefficient (Wildman–Crippen LogP) is 4.28. The van der Waals surface area contributed by atoms with E-state index in [1.54, 1.807) is 22.8 Å². The Labute approximate surface area is 162 Å². The van der Waals surface area contributed by atoms with Crippen LogP contribution in [0.15, 0.2) is 58.5 Å². The first-order valence-corrected chi connectivity index (χ1v) is 9.92. The van der Waals surface area contributed by atoms with Crippen molar-refractivity contribution in [3.05, 3.63) is 70.0 Å². The Balaban J connectivity index is 2.04. The Kier molecular flexibility index (Phi) is 6.29. The monoisotopic (exact) mass is 382 g/mol. The maximum absolute atomic E-state index is 13.0. The molecule has 27 heavy (non-hydrogen) atoms. The molecule has 0 aliphatic heterocycles. The molecule has 0 fully saturated rings. The Morgan fingerprint density at radius 2 is 1.96 bits per heavy atom. The molecular formula is C21H22N2O3S. The molecule has 3 rings (SSSR count). The average Bonchev–Trinajstić information content (AvgIpc) is 2.71. The van der Waals surface area contributed by atoms with E-state index in [2.05, 4.69) is 19.1 Å². The normalized spacial score (nSPS) is 10.9. The van der Waals surface area contributed by atoms with Crippen LogP contribution in [0.1, 0.15) is 35.7 Å². The second kappa shape index (κ2) is 8.86. The molecule has 0 aliphatic rings. The minimum Gasteiger partial charge on any atom is -0.465 e. The third kappa shape index (κ3) is 4.39. The first-order valence-electron chi connectivity index (χ1n) is 8.93. The van der Waals surface area contributed by atoms with Crippen molar-refractivity contribution in [2.45, 2.75) is 37.2 Å². The summed E-state index contributed by atoms with van der Waals surface area (Å²) in [6.45, 7) is 2.73. The van der Waals surface area contributed by atoms with Gasteiger partial charge in [0.25, 0.3) is 5.56 Å². The van der Waals surface area contributed by atoms with E-state index in [1.807, 2.05) is 18.2 Å². The zero-order valence-corrected chi connectivity index (χ0v) is 16.3. The molecule has 0 spiro atoms. The summed E-state index contributed by atoms with van der Waals surface area (Å²) in [6.07, 6.45) is 1.90. The fourth-order valence-electron chi connectivity index (χ4n) is 2.79. The standard InChI is InChI=1S/C21H22N2O3S/c1-3-4-12-23-19(24)17-11-10-16(20(25)26-2)13-18(17)22-21(23)27-14-15-8-6-5-7-9-15/h5-11,13H,3-4,12,14H2,1-2H3. The SMILES string of the molecule is CCCCn1c(SCc2ccccc2)nc2cc(C(=O)OC)ccc2c1=O. The highest BCUT2D eigenvalue weighted by Crippen LogP contribution is 2.23. The van der Waals surface area contributed by atoms with Gasteiger partial charge in [-0.2, -0.15) is 0 Å². The molecule has 0 N–H and O–H groups in total. The first kappa shape index (κ1) is 19.2. The molecule has 6 heteroatoms. The number of carbonyl (C=O) groups is 1. The van der Waals surface area contributed by atoms with Crippen LogP contribution in [-0.2, 0) is 17.0 Å². The number of methoxy groups -OCH3 is 1. The maximum Gasteiger partial charge on any atom is 0.337 e. The van der Waals surface area contributed by atoms with Crippen molar-refractivity contribution in [1.82, 2.24) is 9.55 Å². The number of aromatic nitrogens is 2. The molecule has 1 aromatic heterocycles. The van der Waals surface area contributed by atoms with E-state index in [1.165, 1.54) is 24.4 Å². The number of unbranched alkanes of at least 4 members (excludes halogenated alkanes) is 1. The number of ether oxygens (including phenoxy) is 1. The number of carbonyl (C=O) groups excluding carboxylic acids is 1. The zero-order chi connectivity index (χ0) is 19.2. The van der Waals surface area contributed by atoms with Gasteiger partial charge in [-0.25, -0.2) is 9.78 Å². The molecule has 0 aliphatic carbocycles. The van der Waals surface area contributed by atoms with E-state index >= 15 is 0 Å². The van der Waals surface area contributed by atoms with Crippen LogP contribution in [0.25, 0.3) is 10.9 Å². The van der Waals surface area contributed by atoms with E-state index in [9.17, 15) is 9.59 Å². The quantitative estimate of drug-likeness (QED) is 0.347. The number of nitrogens with zero attached hydrogens (tertiary/aromatic N) is 2. The summed E-state index contributed by atoms with van der Waals surface area (Å²) >= 11 is 1.54. The van der Waals surface area contributed by atoms with Crippen molar-refractivity contribution in [2.24, 2.45) is 0 Å². The number of rotatable bonds is 7.